The van der Waals surface area contributed by atoms with Gasteiger partial charge in [-0.1, -0.05) is 12.2 Å². The van der Waals surface area contributed by atoms with Gasteiger partial charge in [0.15, 0.2) is 0 Å². The molecule has 42 valence electrons. The van der Waals surface area contributed by atoms with E-state index in [0.717, 1.165) is 6.54 Å². The van der Waals surface area contributed by atoms with E-state index in [0.29, 0.717) is 0 Å². The first kappa shape index (κ1) is 6.70. The summed E-state index contributed by atoms with van der Waals surface area (Å²) in [7, 11) is 4.07. The van der Waals surface area contributed by atoms with Crippen molar-refractivity contribution >= 4 is 0 Å². The predicted molar refractivity (Wildman–Crippen MR) is 33.4 cm³/mol. The maximum Gasteiger partial charge on any atom is 0.0181 e. The second kappa shape index (κ2) is 2.80. The van der Waals surface area contributed by atoms with Gasteiger partial charge in [-0.15, -0.1) is 0 Å². The van der Waals surface area contributed by atoms with Crippen LogP contribution in [-0.4, -0.2) is 25.5 Å². The third kappa shape index (κ3) is 5.70. The average molecular weight is 99.2 g/mol. The molecule has 0 rings (SSSR count). The van der Waals surface area contributed by atoms with Gasteiger partial charge in [-0.3, -0.25) is 0 Å². The molecule has 0 saturated carbocycles. The van der Waals surface area contributed by atoms with Gasteiger partial charge < -0.3 is 4.90 Å². The molecule has 0 aliphatic carbocycles. The van der Waals surface area contributed by atoms with Crippen molar-refractivity contribution in [3.05, 3.63) is 12.2 Å². The number of hydrogen-bond donors (Lipinski definition) is 0. The first-order valence-corrected chi connectivity index (χ1v) is 2.42. The Morgan fingerprint density at radius 2 is 2.00 bits per heavy atom. The molecule has 1 heteroatoms. The minimum absolute atomic E-state index is 1.00. The summed E-state index contributed by atoms with van der Waals surface area (Å²) in [4.78, 5) is 2.10. The van der Waals surface area contributed by atoms with Crippen LogP contribution in [0.5, 0.6) is 0 Å². The highest BCUT2D eigenvalue weighted by molar-refractivity contribution is 4.90. The van der Waals surface area contributed by atoms with Gasteiger partial charge in [-0.05, 0) is 21.0 Å². The van der Waals surface area contributed by atoms with E-state index in [1.807, 2.05) is 21.0 Å². The average Bonchev–Trinajstić information content (AvgIpc) is 1.27. The zero-order valence-corrected chi connectivity index (χ0v) is 5.36. The highest BCUT2D eigenvalue weighted by Gasteiger charge is 1.85. The van der Waals surface area contributed by atoms with Crippen molar-refractivity contribution in [3.63, 3.8) is 0 Å². The summed E-state index contributed by atoms with van der Waals surface area (Å²) in [5.74, 6) is 0. The summed E-state index contributed by atoms with van der Waals surface area (Å²) in [5, 5.41) is 0. The minimum atomic E-state index is 1.00. The first-order chi connectivity index (χ1) is 3.13. The second-order valence-corrected chi connectivity index (χ2v) is 2.19. The topological polar surface area (TPSA) is 3.24 Å². The third-order valence-corrected chi connectivity index (χ3v) is 0.586. The van der Waals surface area contributed by atoms with Crippen LogP contribution in [0.2, 0.25) is 0 Å². The zero-order valence-electron chi connectivity index (χ0n) is 5.36. The molecule has 0 aromatic heterocycles. The van der Waals surface area contributed by atoms with Crippen molar-refractivity contribution in [1.29, 1.82) is 0 Å². The fourth-order valence-electron chi connectivity index (χ4n) is 0.540. The molecule has 0 spiro atoms. The minimum Gasteiger partial charge on any atom is -0.305 e. The Labute approximate surface area is 45.6 Å². The molecule has 0 aliphatic heterocycles. The SMILES string of the molecule is C=C(C)CN(C)C. The molecule has 0 aromatic carbocycles. The summed E-state index contributed by atoms with van der Waals surface area (Å²) >= 11 is 0. The Morgan fingerprint density at radius 3 is 2.00 bits per heavy atom. The van der Waals surface area contributed by atoms with E-state index in [2.05, 4.69) is 11.5 Å². The summed E-state index contributed by atoms with van der Waals surface area (Å²) in [5.41, 5.74) is 1.21. The highest BCUT2D eigenvalue weighted by Crippen LogP contribution is 1.86. The van der Waals surface area contributed by atoms with Crippen LogP contribution in [0.15, 0.2) is 12.2 Å². The van der Waals surface area contributed by atoms with E-state index in [1.165, 1.54) is 5.57 Å². The van der Waals surface area contributed by atoms with Crippen LogP contribution in [0, 0.1) is 0 Å². The molecule has 1 nitrogen and oxygen atoms in total. The molecular weight excluding hydrogens is 86.1 g/mol. The normalized spacial score (nSPS) is 9.71. The zero-order chi connectivity index (χ0) is 5.86. The van der Waals surface area contributed by atoms with Crippen molar-refractivity contribution in [3.8, 4) is 0 Å². The summed E-state index contributed by atoms with van der Waals surface area (Å²) < 4.78 is 0. The largest absolute Gasteiger partial charge is 0.305 e. The lowest BCUT2D eigenvalue weighted by molar-refractivity contribution is 0.446. The van der Waals surface area contributed by atoms with E-state index in [9.17, 15) is 0 Å². The standard InChI is InChI=1S/C6H13N/c1-6(2)5-7(3)4/h1,5H2,2-4H3. The molecule has 0 saturated heterocycles. The van der Waals surface area contributed by atoms with Crippen molar-refractivity contribution < 1.29 is 0 Å². The molecule has 0 aromatic rings. The maximum atomic E-state index is 3.75. The van der Waals surface area contributed by atoms with Crippen molar-refractivity contribution in [2.24, 2.45) is 0 Å². The van der Waals surface area contributed by atoms with Crippen LogP contribution >= 0.6 is 0 Å². The Balaban J connectivity index is 3.13. The maximum absolute atomic E-state index is 3.75. The van der Waals surface area contributed by atoms with Gasteiger partial charge in [-0.2, -0.15) is 0 Å². The van der Waals surface area contributed by atoms with E-state index < -0.39 is 0 Å². The number of hydrogen-bond acceptors (Lipinski definition) is 1. The van der Waals surface area contributed by atoms with Crippen LogP contribution < -0.4 is 0 Å². The summed E-state index contributed by atoms with van der Waals surface area (Å²) in [6.07, 6.45) is 0. The van der Waals surface area contributed by atoms with Gasteiger partial charge in [-0.25, -0.2) is 0 Å². The molecule has 0 bridgehead atoms. The number of rotatable bonds is 2. The molecular formula is C6H13N. The lowest BCUT2D eigenvalue weighted by atomic mass is 10.3. The second-order valence-electron chi connectivity index (χ2n) is 2.19. The van der Waals surface area contributed by atoms with Gasteiger partial charge in [0.05, 0.1) is 0 Å². The molecule has 0 unspecified atom stereocenters. The monoisotopic (exact) mass is 99.1 g/mol. The van der Waals surface area contributed by atoms with Gasteiger partial charge >= 0.3 is 0 Å². The summed E-state index contributed by atoms with van der Waals surface area (Å²) in [6.45, 7) is 6.78. The molecule has 0 heterocycles. The summed E-state index contributed by atoms with van der Waals surface area (Å²) in [6, 6.07) is 0. The van der Waals surface area contributed by atoms with Crippen molar-refractivity contribution in [2.45, 2.75) is 6.92 Å². The Morgan fingerprint density at radius 1 is 1.57 bits per heavy atom. The van der Waals surface area contributed by atoms with Crippen molar-refractivity contribution in [2.75, 3.05) is 20.6 Å². The lowest BCUT2D eigenvalue weighted by Crippen LogP contribution is -2.12. The third-order valence-electron chi connectivity index (χ3n) is 0.586. The van der Waals surface area contributed by atoms with E-state index in [4.69, 9.17) is 0 Å². The molecule has 0 aliphatic rings. The van der Waals surface area contributed by atoms with Crippen LogP contribution in [0.4, 0.5) is 0 Å². The van der Waals surface area contributed by atoms with Crippen LogP contribution in [0.3, 0.4) is 0 Å². The fourth-order valence-corrected chi connectivity index (χ4v) is 0.540. The van der Waals surface area contributed by atoms with Crippen LogP contribution in [-0.2, 0) is 0 Å². The lowest BCUT2D eigenvalue weighted by Gasteiger charge is -2.06. The number of nitrogens with zero attached hydrogens (tertiary/aromatic N) is 1. The quantitative estimate of drug-likeness (QED) is 0.469. The Kier molecular flexibility index (Phi) is 2.68. The number of likely N-dealkylation sites (N-methyl/N-ethyl adjacent to an activating group) is 1. The molecule has 0 atom stereocenters. The van der Waals surface area contributed by atoms with Gasteiger partial charge in [0, 0.05) is 6.54 Å². The van der Waals surface area contributed by atoms with E-state index in [1.54, 1.807) is 0 Å². The predicted octanol–water partition coefficient (Wildman–Crippen LogP) is 1.12. The van der Waals surface area contributed by atoms with Gasteiger partial charge in [0.2, 0.25) is 0 Å². The van der Waals surface area contributed by atoms with Gasteiger partial charge in [0.25, 0.3) is 0 Å². The molecule has 0 amide bonds. The Hall–Kier alpha value is -0.300. The van der Waals surface area contributed by atoms with E-state index in [-0.39, 0.29) is 0 Å². The first-order valence-electron chi connectivity index (χ1n) is 2.42. The fraction of sp³-hybridized carbons (Fsp3) is 0.667. The van der Waals surface area contributed by atoms with Crippen LogP contribution in [0.25, 0.3) is 0 Å². The van der Waals surface area contributed by atoms with E-state index >= 15 is 0 Å². The van der Waals surface area contributed by atoms with Gasteiger partial charge in [0.1, 0.15) is 0 Å². The molecule has 7 heavy (non-hydrogen) atoms. The Bertz CT molecular complexity index is 64.6. The molecule has 0 radical (unpaired) electrons. The van der Waals surface area contributed by atoms with Crippen molar-refractivity contribution in [1.82, 2.24) is 4.90 Å². The van der Waals surface area contributed by atoms with Crippen LogP contribution in [0.1, 0.15) is 6.92 Å². The smallest absolute Gasteiger partial charge is 0.0181 e. The molecule has 0 fully saturated rings. The highest BCUT2D eigenvalue weighted by atomic mass is 15.0. The molecule has 0 N–H and O–H groups in total.